The number of anilines is 1. The molecule has 1 aromatic carbocycles. The molecule has 0 saturated carbocycles. The summed E-state index contributed by atoms with van der Waals surface area (Å²) in [5, 5.41) is 9.40. The molecule has 5 heteroatoms. The van der Waals surface area contributed by atoms with Crippen LogP contribution in [0.4, 0.5) is 5.69 Å². The van der Waals surface area contributed by atoms with Crippen LogP contribution in [0.3, 0.4) is 0 Å². The van der Waals surface area contributed by atoms with Gasteiger partial charge in [0.1, 0.15) is 5.65 Å². The molecule has 4 rings (SSSR count). The predicted molar refractivity (Wildman–Crippen MR) is 83.7 cm³/mol. The first kappa shape index (κ1) is 13.0. The number of pyridine rings is 1. The zero-order valence-electron chi connectivity index (χ0n) is 12.2. The van der Waals surface area contributed by atoms with Crippen molar-refractivity contribution in [2.24, 2.45) is 0 Å². The summed E-state index contributed by atoms with van der Waals surface area (Å²) in [7, 11) is 1.80. The van der Waals surface area contributed by atoms with Crippen molar-refractivity contribution in [1.82, 2.24) is 9.38 Å². The van der Waals surface area contributed by atoms with Gasteiger partial charge in [-0.2, -0.15) is 0 Å². The number of carbonyl (C=O) groups is 1. The van der Waals surface area contributed by atoms with Crippen molar-refractivity contribution in [1.29, 1.82) is 0 Å². The molecule has 0 radical (unpaired) electrons. The van der Waals surface area contributed by atoms with Gasteiger partial charge >= 0.3 is 0 Å². The van der Waals surface area contributed by atoms with Gasteiger partial charge in [0.05, 0.1) is 18.7 Å². The zero-order chi connectivity index (χ0) is 15.3. The van der Waals surface area contributed by atoms with Crippen molar-refractivity contribution in [3.05, 3.63) is 53.9 Å². The van der Waals surface area contributed by atoms with Crippen LogP contribution in [0, 0.1) is 0 Å². The Kier molecular flexibility index (Phi) is 2.77. The van der Waals surface area contributed by atoms with E-state index in [0.29, 0.717) is 6.42 Å². The van der Waals surface area contributed by atoms with E-state index >= 15 is 0 Å². The lowest BCUT2D eigenvalue weighted by Crippen LogP contribution is -2.20. The van der Waals surface area contributed by atoms with Crippen molar-refractivity contribution < 1.29 is 9.90 Å². The van der Waals surface area contributed by atoms with E-state index in [4.69, 9.17) is 0 Å². The van der Waals surface area contributed by atoms with Crippen molar-refractivity contribution >= 4 is 17.2 Å². The van der Waals surface area contributed by atoms with Gasteiger partial charge in [-0.3, -0.25) is 4.79 Å². The molecule has 0 atom stereocenters. The first-order valence-electron chi connectivity index (χ1n) is 7.14. The van der Waals surface area contributed by atoms with Crippen LogP contribution in [0.25, 0.3) is 16.9 Å². The molecule has 3 heterocycles. The molecule has 3 aromatic rings. The number of imidazole rings is 1. The van der Waals surface area contributed by atoms with Gasteiger partial charge in [-0.1, -0.05) is 12.1 Å². The molecular weight excluding hydrogens is 278 g/mol. The van der Waals surface area contributed by atoms with Crippen molar-refractivity contribution in [3.63, 3.8) is 0 Å². The van der Waals surface area contributed by atoms with Crippen LogP contribution in [0.15, 0.2) is 42.7 Å². The summed E-state index contributed by atoms with van der Waals surface area (Å²) in [5.41, 5.74) is 5.37. The second-order valence-electron chi connectivity index (χ2n) is 5.52. The first-order chi connectivity index (χ1) is 10.7. The molecule has 1 N–H and O–H groups in total. The number of amides is 1. The summed E-state index contributed by atoms with van der Waals surface area (Å²) in [6.45, 7) is -0.0374. The number of carbonyl (C=O) groups excluding carboxylic acids is 1. The standard InChI is InChI=1S/C17H15N3O2/c1-19-15-5-4-11(7-13(15)8-16(19)22)14-9-20-6-2-3-12(10-21)17(20)18-14/h2-7,9,21H,8,10H2,1H3. The highest BCUT2D eigenvalue weighted by Crippen LogP contribution is 2.32. The Hall–Kier alpha value is -2.66. The summed E-state index contributed by atoms with van der Waals surface area (Å²) in [6, 6.07) is 9.72. The van der Waals surface area contributed by atoms with E-state index in [1.165, 1.54) is 0 Å². The van der Waals surface area contributed by atoms with Gasteiger partial charge in [-0.05, 0) is 23.8 Å². The molecule has 1 aliphatic rings. The highest BCUT2D eigenvalue weighted by molar-refractivity contribution is 6.01. The second-order valence-corrected chi connectivity index (χ2v) is 5.52. The van der Waals surface area contributed by atoms with E-state index in [-0.39, 0.29) is 12.5 Å². The highest BCUT2D eigenvalue weighted by atomic mass is 16.3. The fourth-order valence-electron chi connectivity index (χ4n) is 2.96. The third-order valence-electron chi connectivity index (χ3n) is 4.19. The average molecular weight is 293 g/mol. The smallest absolute Gasteiger partial charge is 0.231 e. The molecule has 0 aliphatic carbocycles. The molecular formula is C17H15N3O2. The maximum atomic E-state index is 11.8. The summed E-state index contributed by atoms with van der Waals surface area (Å²) >= 11 is 0. The molecule has 0 saturated heterocycles. The third-order valence-corrected chi connectivity index (χ3v) is 4.19. The monoisotopic (exact) mass is 293 g/mol. The van der Waals surface area contributed by atoms with E-state index in [1.54, 1.807) is 11.9 Å². The number of aliphatic hydroxyl groups excluding tert-OH is 1. The number of benzene rings is 1. The van der Waals surface area contributed by atoms with Crippen LogP contribution < -0.4 is 4.90 Å². The van der Waals surface area contributed by atoms with E-state index in [0.717, 1.165) is 33.7 Å². The Morgan fingerprint density at radius 1 is 1.32 bits per heavy atom. The fourth-order valence-corrected chi connectivity index (χ4v) is 2.96. The minimum atomic E-state index is -0.0374. The lowest BCUT2D eigenvalue weighted by atomic mass is 10.1. The number of nitrogens with zero attached hydrogens (tertiary/aromatic N) is 3. The second kappa shape index (κ2) is 4.68. The van der Waals surface area contributed by atoms with Crippen LogP contribution in [0.2, 0.25) is 0 Å². The number of fused-ring (bicyclic) bond motifs is 2. The fraction of sp³-hybridized carbons (Fsp3) is 0.176. The van der Waals surface area contributed by atoms with Gasteiger partial charge in [0.2, 0.25) is 5.91 Å². The highest BCUT2D eigenvalue weighted by Gasteiger charge is 2.24. The maximum Gasteiger partial charge on any atom is 0.231 e. The summed E-state index contributed by atoms with van der Waals surface area (Å²) in [6.07, 6.45) is 4.29. The molecule has 1 amide bonds. The molecule has 0 fully saturated rings. The third kappa shape index (κ3) is 1.83. The van der Waals surface area contributed by atoms with Gasteiger partial charge in [-0.25, -0.2) is 4.98 Å². The lowest BCUT2D eigenvalue weighted by Gasteiger charge is -2.09. The number of hydrogen-bond acceptors (Lipinski definition) is 3. The first-order valence-corrected chi connectivity index (χ1v) is 7.14. The summed E-state index contributed by atoms with van der Waals surface area (Å²) in [5.74, 6) is 0.115. The topological polar surface area (TPSA) is 57.8 Å². The Labute approximate surface area is 127 Å². The Morgan fingerprint density at radius 3 is 3.00 bits per heavy atom. The van der Waals surface area contributed by atoms with Crippen LogP contribution in [-0.4, -0.2) is 27.4 Å². The number of likely N-dealkylation sites (N-methyl/N-ethyl adjacent to an activating group) is 1. The SMILES string of the molecule is CN1C(=O)Cc2cc(-c3cn4cccc(CO)c4n3)ccc21. The Bertz CT molecular complexity index is 898. The van der Waals surface area contributed by atoms with E-state index < -0.39 is 0 Å². The van der Waals surface area contributed by atoms with E-state index in [9.17, 15) is 9.90 Å². The minimum Gasteiger partial charge on any atom is -0.392 e. The van der Waals surface area contributed by atoms with Crippen LogP contribution >= 0.6 is 0 Å². The molecule has 0 spiro atoms. The van der Waals surface area contributed by atoms with Gasteiger partial charge < -0.3 is 14.4 Å². The van der Waals surface area contributed by atoms with Crippen LogP contribution in [0.1, 0.15) is 11.1 Å². The van der Waals surface area contributed by atoms with Crippen LogP contribution in [0.5, 0.6) is 0 Å². The van der Waals surface area contributed by atoms with E-state index in [2.05, 4.69) is 4.98 Å². The normalized spacial score (nSPS) is 13.9. The summed E-state index contributed by atoms with van der Waals surface area (Å²) in [4.78, 5) is 18.1. The molecule has 1 aliphatic heterocycles. The Morgan fingerprint density at radius 2 is 2.18 bits per heavy atom. The van der Waals surface area contributed by atoms with Gasteiger partial charge in [0, 0.05) is 36.3 Å². The number of aliphatic hydroxyl groups is 1. The maximum absolute atomic E-state index is 11.8. The number of aromatic nitrogens is 2. The van der Waals surface area contributed by atoms with Gasteiger partial charge in [0.15, 0.2) is 0 Å². The largest absolute Gasteiger partial charge is 0.392 e. The molecule has 22 heavy (non-hydrogen) atoms. The quantitative estimate of drug-likeness (QED) is 0.786. The Balaban J connectivity index is 1.83. The van der Waals surface area contributed by atoms with Gasteiger partial charge in [-0.15, -0.1) is 0 Å². The van der Waals surface area contributed by atoms with E-state index in [1.807, 2.05) is 47.1 Å². The van der Waals surface area contributed by atoms with Crippen molar-refractivity contribution in [2.45, 2.75) is 13.0 Å². The minimum absolute atomic E-state index is 0.0374. The van der Waals surface area contributed by atoms with Crippen molar-refractivity contribution in [2.75, 3.05) is 11.9 Å². The van der Waals surface area contributed by atoms with Crippen molar-refractivity contribution in [3.8, 4) is 11.3 Å². The number of rotatable bonds is 2. The molecule has 0 bridgehead atoms. The average Bonchev–Trinajstić information content (AvgIpc) is 3.08. The molecule has 5 nitrogen and oxygen atoms in total. The predicted octanol–water partition coefficient (Wildman–Crippen LogP) is 2.01. The zero-order valence-corrected chi connectivity index (χ0v) is 12.2. The van der Waals surface area contributed by atoms with Gasteiger partial charge in [0.25, 0.3) is 0 Å². The molecule has 2 aromatic heterocycles. The number of hydrogen-bond donors (Lipinski definition) is 1. The summed E-state index contributed by atoms with van der Waals surface area (Å²) < 4.78 is 1.91. The van der Waals surface area contributed by atoms with Crippen LogP contribution in [-0.2, 0) is 17.8 Å². The molecule has 0 unspecified atom stereocenters. The lowest BCUT2D eigenvalue weighted by molar-refractivity contribution is -0.117. The molecule has 110 valence electrons.